The molecule has 136 valence electrons. The molecule has 23 heavy (non-hydrogen) atoms. The Morgan fingerprint density at radius 3 is 2.65 bits per heavy atom. The molecule has 0 aromatic heterocycles. The van der Waals surface area contributed by atoms with Crippen molar-refractivity contribution in [3.05, 3.63) is 0 Å². The van der Waals surface area contributed by atoms with Crippen LogP contribution in [0.25, 0.3) is 0 Å². The molecule has 6 heteroatoms. The highest BCUT2D eigenvalue weighted by Crippen LogP contribution is 2.07. The minimum absolute atomic E-state index is 0.792. The smallest absolute Gasteiger partial charge is 0.191 e. The fourth-order valence-electron chi connectivity index (χ4n) is 2.75. The molecular formula is C17H37N5O. The Labute approximate surface area is 142 Å². The minimum Gasteiger partial charge on any atom is -0.383 e. The summed E-state index contributed by atoms with van der Waals surface area (Å²) >= 11 is 0. The Kier molecular flexibility index (Phi) is 11.9. The lowest BCUT2D eigenvalue weighted by molar-refractivity contribution is 0.161. The minimum atomic E-state index is 0.792. The number of piperidine rings is 1. The molecule has 0 unspecified atom stereocenters. The van der Waals surface area contributed by atoms with Crippen LogP contribution in [0.15, 0.2) is 4.99 Å². The van der Waals surface area contributed by atoms with Crippen LogP contribution < -0.4 is 10.6 Å². The molecule has 1 aliphatic rings. The van der Waals surface area contributed by atoms with E-state index in [1.165, 1.54) is 32.4 Å². The maximum Gasteiger partial charge on any atom is 0.191 e. The lowest BCUT2D eigenvalue weighted by Crippen LogP contribution is -2.42. The monoisotopic (exact) mass is 327 g/mol. The first-order valence-electron chi connectivity index (χ1n) is 9.18. The molecule has 0 aromatic rings. The molecule has 1 heterocycles. The number of hydrogen-bond acceptors (Lipinski definition) is 4. The molecule has 1 aliphatic heterocycles. The highest BCUT2D eigenvalue weighted by atomic mass is 16.5. The van der Waals surface area contributed by atoms with Gasteiger partial charge in [-0.25, -0.2) is 0 Å². The van der Waals surface area contributed by atoms with Crippen molar-refractivity contribution in [1.82, 2.24) is 20.4 Å². The Morgan fingerprint density at radius 2 is 1.96 bits per heavy atom. The van der Waals surface area contributed by atoms with Gasteiger partial charge in [0.05, 0.1) is 6.61 Å². The van der Waals surface area contributed by atoms with Crippen molar-refractivity contribution in [2.24, 2.45) is 4.99 Å². The van der Waals surface area contributed by atoms with Crippen LogP contribution in [0.2, 0.25) is 0 Å². The predicted molar refractivity (Wildman–Crippen MR) is 98.3 cm³/mol. The third-order valence-electron chi connectivity index (χ3n) is 4.16. The third-order valence-corrected chi connectivity index (χ3v) is 4.16. The number of nitrogens with one attached hydrogen (secondary N) is 2. The second-order valence-electron chi connectivity index (χ2n) is 6.24. The van der Waals surface area contributed by atoms with E-state index in [2.05, 4.69) is 39.4 Å². The Bertz CT molecular complexity index is 305. The van der Waals surface area contributed by atoms with Crippen LogP contribution >= 0.6 is 0 Å². The molecule has 0 spiro atoms. The van der Waals surface area contributed by atoms with Crippen LogP contribution in [0.4, 0.5) is 0 Å². The summed E-state index contributed by atoms with van der Waals surface area (Å²) in [5.74, 6) is 0.948. The molecule has 2 N–H and O–H groups in total. The van der Waals surface area contributed by atoms with E-state index in [-0.39, 0.29) is 0 Å². The van der Waals surface area contributed by atoms with Gasteiger partial charge in [0.25, 0.3) is 0 Å². The van der Waals surface area contributed by atoms with E-state index in [1.807, 2.05) is 0 Å². The van der Waals surface area contributed by atoms with Crippen molar-refractivity contribution in [3.8, 4) is 0 Å². The number of nitrogens with zero attached hydrogens (tertiary/aromatic N) is 3. The van der Waals surface area contributed by atoms with Gasteiger partial charge in [0.2, 0.25) is 0 Å². The Hall–Kier alpha value is -0.850. The highest BCUT2D eigenvalue weighted by Gasteiger charge is 2.09. The quantitative estimate of drug-likeness (QED) is 0.337. The molecule has 0 aliphatic carbocycles. The average molecular weight is 328 g/mol. The molecule has 6 nitrogen and oxygen atoms in total. The SMILES string of the molecule is CCNC(=NCCCN(C)CCOC)NCCN1CCCCC1. The van der Waals surface area contributed by atoms with E-state index < -0.39 is 0 Å². The summed E-state index contributed by atoms with van der Waals surface area (Å²) in [6, 6.07) is 0. The standard InChI is InChI=1S/C17H37N5O/c1-4-18-17(19-9-8-11-21(2)15-16-23-3)20-10-14-22-12-6-5-7-13-22/h4-16H2,1-3H3,(H2,18,19,20). The van der Waals surface area contributed by atoms with Crippen LogP contribution in [0.3, 0.4) is 0 Å². The van der Waals surface area contributed by atoms with Gasteiger partial charge in [0.15, 0.2) is 5.96 Å². The van der Waals surface area contributed by atoms with Crippen molar-refractivity contribution in [3.63, 3.8) is 0 Å². The van der Waals surface area contributed by atoms with Gasteiger partial charge in [-0.2, -0.15) is 0 Å². The van der Waals surface area contributed by atoms with Crippen LogP contribution in [0.5, 0.6) is 0 Å². The van der Waals surface area contributed by atoms with Crippen molar-refractivity contribution in [2.75, 3.05) is 73.1 Å². The van der Waals surface area contributed by atoms with Gasteiger partial charge in [-0.3, -0.25) is 4.99 Å². The number of aliphatic imine (C=N–C) groups is 1. The van der Waals surface area contributed by atoms with Crippen molar-refractivity contribution in [1.29, 1.82) is 0 Å². The third kappa shape index (κ3) is 10.5. The number of hydrogen-bond donors (Lipinski definition) is 2. The largest absolute Gasteiger partial charge is 0.383 e. The van der Waals surface area contributed by atoms with Gasteiger partial charge >= 0.3 is 0 Å². The molecule has 0 saturated carbocycles. The van der Waals surface area contributed by atoms with Crippen molar-refractivity contribution >= 4 is 5.96 Å². The van der Waals surface area contributed by atoms with Crippen molar-refractivity contribution < 1.29 is 4.74 Å². The van der Waals surface area contributed by atoms with Gasteiger partial charge in [-0.15, -0.1) is 0 Å². The summed E-state index contributed by atoms with van der Waals surface area (Å²) in [5.41, 5.74) is 0. The summed E-state index contributed by atoms with van der Waals surface area (Å²) < 4.78 is 5.09. The van der Waals surface area contributed by atoms with Gasteiger partial charge in [-0.1, -0.05) is 6.42 Å². The normalized spacial score (nSPS) is 16.8. The van der Waals surface area contributed by atoms with E-state index in [9.17, 15) is 0 Å². The van der Waals surface area contributed by atoms with E-state index >= 15 is 0 Å². The van der Waals surface area contributed by atoms with Crippen LogP contribution in [0, 0.1) is 0 Å². The second kappa shape index (κ2) is 13.6. The molecule has 0 aromatic carbocycles. The zero-order chi connectivity index (χ0) is 16.8. The maximum atomic E-state index is 5.09. The summed E-state index contributed by atoms with van der Waals surface area (Å²) in [4.78, 5) is 9.50. The van der Waals surface area contributed by atoms with E-state index in [4.69, 9.17) is 4.74 Å². The molecule has 0 radical (unpaired) electrons. The Morgan fingerprint density at radius 1 is 1.17 bits per heavy atom. The Balaban J connectivity index is 2.16. The van der Waals surface area contributed by atoms with Crippen LogP contribution in [0.1, 0.15) is 32.6 Å². The van der Waals surface area contributed by atoms with Gasteiger partial charge < -0.3 is 25.2 Å². The molecule has 1 fully saturated rings. The fraction of sp³-hybridized carbons (Fsp3) is 0.941. The number of ether oxygens (including phenoxy) is 1. The number of likely N-dealkylation sites (N-methyl/N-ethyl adjacent to an activating group) is 1. The van der Waals surface area contributed by atoms with E-state index in [0.717, 1.165) is 58.3 Å². The summed E-state index contributed by atoms with van der Waals surface area (Å²) in [5, 5.41) is 6.78. The van der Waals surface area contributed by atoms with Gasteiger partial charge in [0.1, 0.15) is 0 Å². The molecule has 0 amide bonds. The first-order chi connectivity index (χ1) is 11.3. The number of guanidine groups is 1. The predicted octanol–water partition coefficient (Wildman–Crippen LogP) is 0.996. The lowest BCUT2D eigenvalue weighted by Gasteiger charge is -2.26. The topological polar surface area (TPSA) is 52.1 Å². The molecule has 1 rings (SSSR count). The fourth-order valence-corrected chi connectivity index (χ4v) is 2.75. The average Bonchev–Trinajstić information content (AvgIpc) is 2.57. The van der Waals surface area contributed by atoms with Gasteiger partial charge in [-0.05, 0) is 52.9 Å². The number of likely N-dealkylation sites (tertiary alicyclic amines) is 1. The second-order valence-corrected chi connectivity index (χ2v) is 6.24. The van der Waals surface area contributed by atoms with Gasteiger partial charge in [0, 0.05) is 39.8 Å². The number of rotatable bonds is 11. The van der Waals surface area contributed by atoms with Crippen molar-refractivity contribution in [2.45, 2.75) is 32.6 Å². The van der Waals surface area contributed by atoms with Crippen LogP contribution in [-0.2, 0) is 4.74 Å². The lowest BCUT2D eigenvalue weighted by atomic mass is 10.1. The van der Waals surface area contributed by atoms with E-state index in [1.54, 1.807) is 7.11 Å². The summed E-state index contributed by atoms with van der Waals surface area (Å²) in [7, 11) is 3.88. The maximum absolute atomic E-state index is 5.09. The first kappa shape index (κ1) is 20.2. The highest BCUT2D eigenvalue weighted by molar-refractivity contribution is 5.79. The number of methoxy groups -OCH3 is 1. The van der Waals surface area contributed by atoms with E-state index in [0.29, 0.717) is 0 Å². The molecule has 0 atom stereocenters. The summed E-state index contributed by atoms with van der Waals surface area (Å²) in [6.45, 7) is 11.3. The first-order valence-corrected chi connectivity index (χ1v) is 9.18. The molecule has 1 saturated heterocycles. The summed E-state index contributed by atoms with van der Waals surface area (Å²) in [6.07, 6.45) is 5.17. The molecule has 0 bridgehead atoms. The zero-order valence-corrected chi connectivity index (χ0v) is 15.4. The molecular weight excluding hydrogens is 290 g/mol. The zero-order valence-electron chi connectivity index (χ0n) is 15.4. The van der Waals surface area contributed by atoms with Crippen LogP contribution in [-0.4, -0.2) is 88.9 Å².